The van der Waals surface area contributed by atoms with E-state index in [1.54, 1.807) is 0 Å². The summed E-state index contributed by atoms with van der Waals surface area (Å²) in [4.78, 5) is 0. The maximum Gasteiger partial charge on any atom is 4.00 e. The van der Waals surface area contributed by atoms with Crippen LogP contribution in [0, 0.1) is 0 Å². The maximum atomic E-state index is 0. The van der Waals surface area contributed by atoms with Crippen molar-refractivity contribution in [3.63, 3.8) is 0 Å². The van der Waals surface area contributed by atoms with Gasteiger partial charge in [0.1, 0.15) is 0 Å². The van der Waals surface area contributed by atoms with Crippen molar-refractivity contribution in [3.8, 4) is 0 Å². The summed E-state index contributed by atoms with van der Waals surface area (Å²) in [7, 11) is 0. The van der Waals surface area contributed by atoms with Crippen molar-refractivity contribution in [1.82, 2.24) is 0 Å². The molecule has 0 saturated heterocycles. The van der Waals surface area contributed by atoms with Crippen LogP contribution in [0.25, 0.3) is 0 Å². The van der Waals surface area contributed by atoms with E-state index in [9.17, 15) is 0 Å². The fraction of sp³-hybridized carbons (Fsp3) is 0. The monoisotopic (exact) mass is 134 g/mol. The SMILES string of the molecule is O.[OH-].[OH-].[OH-].[OH-].[Ti+4]. The van der Waals surface area contributed by atoms with Gasteiger partial charge in [-0.2, -0.15) is 0 Å². The Balaban J connectivity index is 0. The van der Waals surface area contributed by atoms with E-state index in [2.05, 4.69) is 0 Å². The molecule has 0 saturated carbocycles. The van der Waals surface area contributed by atoms with Gasteiger partial charge in [0, 0.05) is 0 Å². The molecular weight excluding hydrogens is 128 g/mol. The van der Waals surface area contributed by atoms with Crippen molar-refractivity contribution in [3.05, 3.63) is 0 Å². The van der Waals surface area contributed by atoms with Crippen molar-refractivity contribution >= 4 is 0 Å². The molecule has 5 nitrogen and oxygen atoms in total. The molecule has 0 spiro atoms. The molecule has 0 aromatic heterocycles. The zero-order valence-electron chi connectivity index (χ0n) is 2.79. The van der Waals surface area contributed by atoms with Gasteiger partial charge in [-0.15, -0.1) is 0 Å². The van der Waals surface area contributed by atoms with Crippen LogP contribution in [0.3, 0.4) is 0 Å². The fourth-order valence-corrected chi connectivity index (χ4v) is 0. The maximum absolute atomic E-state index is 0. The first kappa shape index (κ1) is 749. The minimum Gasteiger partial charge on any atom is -0.870 e. The van der Waals surface area contributed by atoms with Gasteiger partial charge < -0.3 is 27.4 Å². The minimum atomic E-state index is 0. The fourth-order valence-electron chi connectivity index (χ4n) is 0. The number of rotatable bonds is 0. The Morgan fingerprint density at radius 3 is 0.500 bits per heavy atom. The molecule has 0 aromatic rings. The van der Waals surface area contributed by atoms with E-state index >= 15 is 0 Å². The summed E-state index contributed by atoms with van der Waals surface area (Å²) in [6, 6.07) is 0. The zero-order valence-corrected chi connectivity index (χ0v) is 4.35. The van der Waals surface area contributed by atoms with Gasteiger partial charge in [-0.3, -0.25) is 0 Å². The molecule has 0 aliphatic heterocycles. The van der Waals surface area contributed by atoms with Crippen LogP contribution in [0.2, 0.25) is 0 Å². The first-order valence-electron chi connectivity index (χ1n) is 0. The summed E-state index contributed by atoms with van der Waals surface area (Å²) in [5.74, 6) is 0. The summed E-state index contributed by atoms with van der Waals surface area (Å²) in [6.45, 7) is 0. The Hall–Kier alpha value is 0.514. The molecule has 6 heavy (non-hydrogen) atoms. The predicted molar refractivity (Wildman–Crippen MR) is 11.4 cm³/mol. The molecule has 0 amide bonds. The number of hydrogen-bond acceptors (Lipinski definition) is 4. The molecule has 40 valence electrons. The number of hydrogen-bond donors (Lipinski definition) is 0. The first-order valence-corrected chi connectivity index (χ1v) is 0. The van der Waals surface area contributed by atoms with Crippen molar-refractivity contribution < 1.29 is 49.1 Å². The summed E-state index contributed by atoms with van der Waals surface area (Å²) in [5.41, 5.74) is 0. The molecule has 0 bridgehead atoms. The van der Waals surface area contributed by atoms with Crippen molar-refractivity contribution in [1.29, 1.82) is 0 Å². The van der Waals surface area contributed by atoms with Gasteiger partial charge in [0.15, 0.2) is 0 Å². The molecule has 0 aliphatic rings. The summed E-state index contributed by atoms with van der Waals surface area (Å²) in [6.07, 6.45) is 0. The first-order chi connectivity index (χ1) is 0. The zero-order chi connectivity index (χ0) is 0. The van der Waals surface area contributed by atoms with Gasteiger partial charge in [-0.05, 0) is 0 Å². The molecule has 0 aliphatic carbocycles. The van der Waals surface area contributed by atoms with Crippen LogP contribution in [-0.4, -0.2) is 27.4 Å². The van der Waals surface area contributed by atoms with E-state index in [0.717, 1.165) is 0 Å². The molecule has 0 atom stereocenters. The molecule has 0 heterocycles. The third-order valence-electron chi connectivity index (χ3n) is 0. The van der Waals surface area contributed by atoms with Crippen LogP contribution in [0.1, 0.15) is 0 Å². The second-order valence-corrected chi connectivity index (χ2v) is 0. The standard InChI is InChI=1S/5H2O.Ti/h5*1H2;/q;;;;;+4/p-4. The Labute approximate surface area is 49.8 Å². The molecule has 6 heteroatoms. The molecule has 6 N–H and O–H groups in total. The average molecular weight is 134 g/mol. The van der Waals surface area contributed by atoms with Crippen LogP contribution in [0.15, 0.2) is 0 Å². The quantitative estimate of drug-likeness (QED) is 0.368. The van der Waals surface area contributed by atoms with Crippen LogP contribution >= 0.6 is 0 Å². The van der Waals surface area contributed by atoms with E-state index in [-0.39, 0.29) is 49.1 Å². The van der Waals surface area contributed by atoms with Gasteiger partial charge in [0.05, 0.1) is 0 Å². The smallest absolute Gasteiger partial charge is 0.870 e. The Morgan fingerprint density at radius 2 is 0.500 bits per heavy atom. The Morgan fingerprint density at radius 1 is 0.500 bits per heavy atom. The van der Waals surface area contributed by atoms with E-state index < -0.39 is 0 Å². The summed E-state index contributed by atoms with van der Waals surface area (Å²) < 4.78 is 0. The van der Waals surface area contributed by atoms with Crippen LogP contribution in [0.5, 0.6) is 0 Å². The predicted octanol–water partition coefficient (Wildman–Crippen LogP) is -1.53. The van der Waals surface area contributed by atoms with Gasteiger partial charge >= 0.3 is 21.7 Å². The minimum absolute atomic E-state index is 0. The second kappa shape index (κ2) is 425. The van der Waals surface area contributed by atoms with Crippen molar-refractivity contribution in [2.24, 2.45) is 0 Å². The molecular formula is H6O5Ti. The topological polar surface area (TPSA) is 152 Å². The summed E-state index contributed by atoms with van der Waals surface area (Å²) >= 11 is 0. The average Bonchev–Trinajstić information content (AvgIpc) is 0. The van der Waals surface area contributed by atoms with E-state index in [1.165, 1.54) is 0 Å². The Kier molecular flexibility index (Phi) is 53000. The van der Waals surface area contributed by atoms with Gasteiger partial charge in [-0.25, -0.2) is 0 Å². The third kappa shape index (κ3) is 211. The third-order valence-corrected chi connectivity index (χ3v) is 0. The largest absolute Gasteiger partial charge is 4.00 e. The van der Waals surface area contributed by atoms with E-state index in [4.69, 9.17) is 0 Å². The summed E-state index contributed by atoms with van der Waals surface area (Å²) in [5, 5.41) is 0. The van der Waals surface area contributed by atoms with Crippen LogP contribution < -0.4 is 0 Å². The van der Waals surface area contributed by atoms with Gasteiger partial charge in [0.25, 0.3) is 0 Å². The van der Waals surface area contributed by atoms with Gasteiger partial charge in [0.2, 0.25) is 0 Å². The molecule has 0 aromatic carbocycles. The molecule has 0 rings (SSSR count). The van der Waals surface area contributed by atoms with Crippen molar-refractivity contribution in [2.75, 3.05) is 0 Å². The molecule has 0 unspecified atom stereocenters. The Bertz CT molecular complexity index is 3.90. The van der Waals surface area contributed by atoms with Crippen LogP contribution in [-0.2, 0) is 21.7 Å². The van der Waals surface area contributed by atoms with Crippen LogP contribution in [0.4, 0.5) is 0 Å². The molecule has 0 fully saturated rings. The molecule has 0 radical (unpaired) electrons. The van der Waals surface area contributed by atoms with E-state index in [0.29, 0.717) is 0 Å². The van der Waals surface area contributed by atoms with E-state index in [1.807, 2.05) is 0 Å². The normalized spacial score (nSPS) is 0. The van der Waals surface area contributed by atoms with Crippen molar-refractivity contribution in [2.45, 2.75) is 0 Å². The second-order valence-electron chi connectivity index (χ2n) is 0. The van der Waals surface area contributed by atoms with Gasteiger partial charge in [-0.1, -0.05) is 0 Å².